The quantitative estimate of drug-likeness (QED) is 0.908. The van der Waals surface area contributed by atoms with Crippen molar-refractivity contribution in [2.75, 3.05) is 19.0 Å². The van der Waals surface area contributed by atoms with Crippen molar-refractivity contribution >= 4 is 5.69 Å². The van der Waals surface area contributed by atoms with E-state index < -0.39 is 37.0 Å². The fourth-order valence-corrected chi connectivity index (χ4v) is 3.42. The van der Waals surface area contributed by atoms with Crippen LogP contribution in [0, 0.1) is 0 Å². The number of fused-ring (bicyclic) bond motifs is 1. The number of hydrogen-bond donors (Lipinski definition) is 1. The fraction of sp³-hybridized carbons (Fsp3) is 0.400. The zero-order chi connectivity index (χ0) is 17.9. The maximum Gasteiger partial charge on any atom is 0.184 e. The first-order valence-electron chi connectivity index (χ1n) is 8.72. The van der Waals surface area contributed by atoms with Gasteiger partial charge in [0.2, 0.25) is 0 Å². The number of methoxy groups -OCH3 is 1. The topological polar surface area (TPSA) is 49.0 Å². The van der Waals surface area contributed by atoms with Gasteiger partial charge in [-0.2, -0.15) is 0 Å². The first kappa shape index (κ1) is 17.4. The van der Waals surface area contributed by atoms with Gasteiger partial charge in [0.05, 0.1) is 6.61 Å². The van der Waals surface area contributed by atoms with E-state index in [0.717, 1.165) is 11.3 Å². The van der Waals surface area contributed by atoms with E-state index in [2.05, 4.69) is 5.32 Å². The van der Waals surface area contributed by atoms with Crippen LogP contribution in [0.2, 0.25) is 0 Å². The molecule has 6 atom stereocenters. The van der Waals surface area contributed by atoms with Gasteiger partial charge in [-0.15, -0.1) is 0 Å². The number of alkyl halides is 1. The molecule has 6 heteroatoms. The molecule has 5 nitrogen and oxygen atoms in total. The van der Waals surface area contributed by atoms with Gasteiger partial charge in [-0.3, -0.25) is 0 Å². The molecule has 2 aromatic carbocycles. The molecule has 0 unspecified atom stereocenters. The standard InChI is InChI=1S/C20H22FNO4/c1-23-20-17(22-14-10-6-3-7-11-14)16(21)18-15(25-20)12-24-19(26-18)13-8-4-2-5-9-13/h2-11,15-20,22H,12H2,1H3/t15-,16-,17-,18-,19-,20+/m1/s1. The summed E-state index contributed by atoms with van der Waals surface area (Å²) in [5, 5.41) is 3.17. The van der Waals surface area contributed by atoms with Crippen LogP contribution in [-0.4, -0.2) is 44.4 Å². The van der Waals surface area contributed by atoms with Gasteiger partial charge in [0.25, 0.3) is 0 Å². The average Bonchev–Trinajstić information content (AvgIpc) is 2.71. The molecule has 2 fully saturated rings. The van der Waals surface area contributed by atoms with E-state index in [0.29, 0.717) is 0 Å². The Kier molecular flexibility index (Phi) is 5.17. The van der Waals surface area contributed by atoms with Crippen molar-refractivity contribution in [3.05, 3.63) is 66.2 Å². The number of hydrogen-bond acceptors (Lipinski definition) is 5. The number of halogens is 1. The summed E-state index contributed by atoms with van der Waals surface area (Å²) in [6.07, 6.45) is -3.89. The Morgan fingerprint density at radius 1 is 1.00 bits per heavy atom. The highest BCUT2D eigenvalue weighted by Crippen LogP contribution is 2.36. The fourth-order valence-electron chi connectivity index (χ4n) is 3.42. The Hall–Kier alpha value is -1.99. The van der Waals surface area contributed by atoms with Crippen LogP contribution >= 0.6 is 0 Å². The molecule has 0 bridgehead atoms. The number of ether oxygens (including phenoxy) is 4. The minimum atomic E-state index is -1.31. The van der Waals surface area contributed by atoms with Crippen LogP contribution in [0.25, 0.3) is 0 Å². The third kappa shape index (κ3) is 3.46. The lowest BCUT2D eigenvalue weighted by Gasteiger charge is -2.46. The molecule has 2 aliphatic rings. The molecule has 0 spiro atoms. The smallest absolute Gasteiger partial charge is 0.184 e. The van der Waals surface area contributed by atoms with E-state index in [1.165, 1.54) is 7.11 Å². The maximum atomic E-state index is 15.4. The predicted octanol–water partition coefficient (Wildman–Crippen LogP) is 3.29. The summed E-state index contributed by atoms with van der Waals surface area (Å²) < 4.78 is 38.3. The Labute approximate surface area is 152 Å². The second kappa shape index (κ2) is 7.72. The lowest BCUT2D eigenvalue weighted by Crippen LogP contribution is -2.62. The van der Waals surface area contributed by atoms with Gasteiger partial charge < -0.3 is 24.3 Å². The largest absolute Gasteiger partial charge is 0.375 e. The van der Waals surface area contributed by atoms with Crippen molar-refractivity contribution in [3.63, 3.8) is 0 Å². The van der Waals surface area contributed by atoms with Crippen molar-refractivity contribution in [2.45, 2.75) is 37.0 Å². The first-order chi connectivity index (χ1) is 12.8. The Bertz CT molecular complexity index is 701. The molecule has 2 aromatic rings. The molecule has 0 aliphatic carbocycles. The highest BCUT2D eigenvalue weighted by atomic mass is 19.1. The molecule has 26 heavy (non-hydrogen) atoms. The summed E-state index contributed by atoms with van der Waals surface area (Å²) >= 11 is 0. The van der Waals surface area contributed by atoms with Crippen LogP contribution < -0.4 is 5.32 Å². The van der Waals surface area contributed by atoms with Crippen molar-refractivity contribution in [3.8, 4) is 0 Å². The van der Waals surface area contributed by atoms with Gasteiger partial charge in [0.1, 0.15) is 18.2 Å². The number of nitrogens with one attached hydrogen (secondary N) is 1. The van der Waals surface area contributed by atoms with Gasteiger partial charge >= 0.3 is 0 Å². The van der Waals surface area contributed by atoms with E-state index in [1.807, 2.05) is 60.7 Å². The zero-order valence-corrected chi connectivity index (χ0v) is 14.5. The predicted molar refractivity (Wildman–Crippen MR) is 94.4 cm³/mol. The SMILES string of the molecule is CO[C@H]1O[C@@H]2CO[C@@H](c3ccccc3)O[C@H]2[C@H](F)[C@H]1Nc1ccccc1. The molecule has 2 aliphatic heterocycles. The summed E-state index contributed by atoms with van der Waals surface area (Å²) in [6, 6.07) is 18.3. The molecular weight excluding hydrogens is 337 g/mol. The van der Waals surface area contributed by atoms with Crippen LogP contribution in [0.5, 0.6) is 0 Å². The van der Waals surface area contributed by atoms with Crippen molar-refractivity contribution in [1.29, 1.82) is 0 Å². The Morgan fingerprint density at radius 2 is 1.69 bits per heavy atom. The second-order valence-corrected chi connectivity index (χ2v) is 6.44. The van der Waals surface area contributed by atoms with E-state index in [9.17, 15) is 0 Å². The molecule has 4 rings (SSSR count). The molecule has 2 heterocycles. The third-order valence-corrected chi connectivity index (χ3v) is 4.73. The van der Waals surface area contributed by atoms with Crippen LogP contribution in [0.4, 0.5) is 10.1 Å². The van der Waals surface area contributed by atoms with E-state index >= 15 is 4.39 Å². The van der Waals surface area contributed by atoms with Gasteiger partial charge in [0.15, 0.2) is 18.8 Å². The normalized spacial score (nSPS) is 34.1. The minimum absolute atomic E-state index is 0.253. The van der Waals surface area contributed by atoms with Gasteiger partial charge in [-0.25, -0.2) is 4.39 Å². The monoisotopic (exact) mass is 359 g/mol. The molecule has 1 N–H and O–H groups in total. The zero-order valence-electron chi connectivity index (χ0n) is 14.5. The molecule has 0 aromatic heterocycles. The lowest BCUT2D eigenvalue weighted by molar-refractivity contribution is -0.330. The van der Waals surface area contributed by atoms with Gasteiger partial charge in [-0.05, 0) is 12.1 Å². The van der Waals surface area contributed by atoms with E-state index in [1.54, 1.807) is 0 Å². The van der Waals surface area contributed by atoms with Crippen molar-refractivity contribution < 1.29 is 23.3 Å². The summed E-state index contributed by atoms with van der Waals surface area (Å²) in [7, 11) is 1.51. The molecule has 0 saturated carbocycles. The minimum Gasteiger partial charge on any atom is -0.375 e. The highest BCUT2D eigenvalue weighted by Gasteiger charge is 2.50. The summed E-state index contributed by atoms with van der Waals surface area (Å²) in [4.78, 5) is 0. The number of para-hydroxylation sites is 1. The van der Waals surface area contributed by atoms with Crippen LogP contribution in [-0.2, 0) is 18.9 Å². The van der Waals surface area contributed by atoms with E-state index in [4.69, 9.17) is 18.9 Å². The van der Waals surface area contributed by atoms with Crippen LogP contribution in [0.15, 0.2) is 60.7 Å². The second-order valence-electron chi connectivity index (χ2n) is 6.44. The van der Waals surface area contributed by atoms with Crippen LogP contribution in [0.3, 0.4) is 0 Å². The number of benzene rings is 2. The number of anilines is 1. The molecule has 0 radical (unpaired) electrons. The number of rotatable bonds is 4. The molecule has 2 saturated heterocycles. The van der Waals surface area contributed by atoms with Crippen LogP contribution in [0.1, 0.15) is 11.9 Å². The molecule has 138 valence electrons. The van der Waals surface area contributed by atoms with E-state index in [-0.39, 0.29) is 6.61 Å². The summed E-state index contributed by atoms with van der Waals surface area (Å²) in [5.41, 5.74) is 1.66. The first-order valence-corrected chi connectivity index (χ1v) is 8.72. The van der Waals surface area contributed by atoms with Gasteiger partial charge in [0, 0.05) is 18.4 Å². The van der Waals surface area contributed by atoms with Crippen molar-refractivity contribution in [1.82, 2.24) is 0 Å². The summed E-state index contributed by atoms with van der Waals surface area (Å²) in [6.45, 7) is 0.253. The average molecular weight is 359 g/mol. The lowest BCUT2D eigenvalue weighted by atomic mass is 9.96. The maximum absolute atomic E-state index is 15.4. The molecular formula is C20H22FNO4. The third-order valence-electron chi connectivity index (χ3n) is 4.73. The van der Waals surface area contributed by atoms with Crippen molar-refractivity contribution in [2.24, 2.45) is 0 Å². The Balaban J connectivity index is 1.52. The molecule has 0 amide bonds. The van der Waals surface area contributed by atoms with Gasteiger partial charge in [-0.1, -0.05) is 48.5 Å². The Morgan fingerprint density at radius 3 is 2.38 bits per heavy atom. The summed E-state index contributed by atoms with van der Waals surface area (Å²) in [5.74, 6) is 0. The highest BCUT2D eigenvalue weighted by molar-refractivity contribution is 5.44.